The van der Waals surface area contributed by atoms with Gasteiger partial charge >= 0.3 is 6.18 Å². The molecule has 0 aliphatic rings. The van der Waals surface area contributed by atoms with Crippen LogP contribution in [0.4, 0.5) is 30.6 Å². The second-order valence-electron chi connectivity index (χ2n) is 6.44. The molecule has 1 aromatic heterocycles. The van der Waals surface area contributed by atoms with Gasteiger partial charge in [-0.15, -0.1) is 0 Å². The van der Waals surface area contributed by atoms with Gasteiger partial charge in [-0.25, -0.2) is 4.98 Å². The molecule has 0 spiro atoms. The van der Waals surface area contributed by atoms with Crippen molar-refractivity contribution in [2.75, 3.05) is 37.8 Å². The minimum atomic E-state index is -4.54. The van der Waals surface area contributed by atoms with Gasteiger partial charge < -0.3 is 15.5 Å². The molecule has 0 bridgehead atoms. The zero-order chi connectivity index (χ0) is 19.3. The van der Waals surface area contributed by atoms with Crippen molar-refractivity contribution in [3.05, 3.63) is 41.1 Å². The number of benzene rings is 1. The number of para-hydroxylation sites is 1. The van der Waals surface area contributed by atoms with E-state index in [9.17, 15) is 13.2 Å². The summed E-state index contributed by atoms with van der Waals surface area (Å²) in [6, 6.07) is 6.61. The smallest absolute Gasteiger partial charge is 0.354 e. The van der Waals surface area contributed by atoms with Crippen LogP contribution < -0.4 is 10.6 Å². The normalized spacial score (nSPS) is 11.7. The van der Waals surface area contributed by atoms with Crippen LogP contribution in [0, 0.1) is 13.8 Å². The number of nitrogens with zero attached hydrogens (tertiary/aromatic N) is 3. The molecule has 5 nitrogen and oxygen atoms in total. The van der Waals surface area contributed by atoms with E-state index in [0.29, 0.717) is 6.54 Å². The number of halogens is 3. The highest BCUT2D eigenvalue weighted by atomic mass is 19.4. The summed E-state index contributed by atoms with van der Waals surface area (Å²) in [5.74, 6) is 0.0761. The second kappa shape index (κ2) is 8.35. The Morgan fingerprint density at radius 2 is 1.73 bits per heavy atom. The van der Waals surface area contributed by atoms with Gasteiger partial charge in [-0.05, 0) is 52.0 Å². The van der Waals surface area contributed by atoms with Gasteiger partial charge in [0.1, 0.15) is 5.82 Å². The lowest BCUT2D eigenvalue weighted by Gasteiger charge is -2.15. The first-order chi connectivity index (χ1) is 12.2. The van der Waals surface area contributed by atoms with E-state index in [2.05, 4.69) is 20.6 Å². The SMILES string of the molecule is Cc1cccc(C)c1Nc1cc(C(F)(F)F)nc(NCCCN(C)C)n1. The van der Waals surface area contributed by atoms with E-state index in [4.69, 9.17) is 0 Å². The molecule has 26 heavy (non-hydrogen) atoms. The molecule has 1 heterocycles. The van der Waals surface area contributed by atoms with Crippen LogP contribution in [-0.2, 0) is 6.18 Å². The van der Waals surface area contributed by atoms with Crippen LogP contribution in [0.2, 0.25) is 0 Å². The summed E-state index contributed by atoms with van der Waals surface area (Å²) >= 11 is 0. The number of nitrogens with one attached hydrogen (secondary N) is 2. The van der Waals surface area contributed by atoms with E-state index in [1.54, 1.807) is 0 Å². The molecule has 0 radical (unpaired) electrons. The molecule has 2 aromatic rings. The zero-order valence-corrected chi connectivity index (χ0v) is 15.4. The Morgan fingerprint density at radius 3 is 2.31 bits per heavy atom. The van der Waals surface area contributed by atoms with Crippen LogP contribution in [0.15, 0.2) is 24.3 Å². The van der Waals surface area contributed by atoms with Gasteiger partial charge in [0, 0.05) is 18.3 Å². The lowest BCUT2D eigenvalue weighted by molar-refractivity contribution is -0.141. The molecule has 2 N–H and O–H groups in total. The van der Waals surface area contributed by atoms with Crippen LogP contribution in [-0.4, -0.2) is 42.1 Å². The zero-order valence-electron chi connectivity index (χ0n) is 15.4. The predicted octanol–water partition coefficient (Wildman–Crippen LogP) is 4.22. The van der Waals surface area contributed by atoms with E-state index in [1.165, 1.54) is 0 Å². The maximum absolute atomic E-state index is 13.2. The number of aryl methyl sites for hydroxylation is 2. The molecular formula is C18H24F3N5. The van der Waals surface area contributed by atoms with Gasteiger partial charge in [-0.1, -0.05) is 18.2 Å². The number of alkyl halides is 3. The molecular weight excluding hydrogens is 343 g/mol. The maximum atomic E-state index is 13.2. The quantitative estimate of drug-likeness (QED) is 0.718. The summed E-state index contributed by atoms with van der Waals surface area (Å²) in [4.78, 5) is 9.80. The van der Waals surface area contributed by atoms with Gasteiger partial charge in [0.2, 0.25) is 5.95 Å². The lowest BCUT2D eigenvalue weighted by Crippen LogP contribution is -2.18. The van der Waals surface area contributed by atoms with Gasteiger partial charge in [-0.2, -0.15) is 18.2 Å². The Hall–Kier alpha value is -2.35. The van der Waals surface area contributed by atoms with Crippen LogP contribution in [0.3, 0.4) is 0 Å². The summed E-state index contributed by atoms with van der Waals surface area (Å²) in [6.07, 6.45) is -3.77. The summed E-state index contributed by atoms with van der Waals surface area (Å²) in [7, 11) is 3.88. The van der Waals surface area contributed by atoms with E-state index < -0.39 is 11.9 Å². The molecule has 0 saturated carbocycles. The molecule has 2 rings (SSSR count). The highest BCUT2D eigenvalue weighted by Gasteiger charge is 2.33. The molecule has 0 fully saturated rings. The van der Waals surface area contributed by atoms with E-state index in [1.807, 2.05) is 51.0 Å². The molecule has 0 aliphatic carbocycles. The molecule has 0 aliphatic heterocycles. The second-order valence-corrected chi connectivity index (χ2v) is 6.44. The Labute approximate surface area is 151 Å². The first-order valence-electron chi connectivity index (χ1n) is 8.35. The average Bonchev–Trinajstić information content (AvgIpc) is 2.54. The molecule has 0 atom stereocenters. The van der Waals surface area contributed by atoms with Crippen molar-refractivity contribution >= 4 is 17.5 Å². The van der Waals surface area contributed by atoms with Crippen molar-refractivity contribution in [3.63, 3.8) is 0 Å². The molecule has 8 heteroatoms. The highest BCUT2D eigenvalue weighted by molar-refractivity contribution is 5.65. The Morgan fingerprint density at radius 1 is 1.08 bits per heavy atom. The van der Waals surface area contributed by atoms with Crippen molar-refractivity contribution in [2.24, 2.45) is 0 Å². The third-order valence-corrected chi connectivity index (χ3v) is 3.82. The van der Waals surface area contributed by atoms with Gasteiger partial charge in [-0.3, -0.25) is 0 Å². The van der Waals surface area contributed by atoms with Crippen molar-refractivity contribution in [1.29, 1.82) is 0 Å². The standard InChI is InChI=1S/C18H24F3N5/c1-12-7-5-8-13(2)16(12)24-15-11-14(18(19,20)21)23-17(25-15)22-9-6-10-26(3)4/h5,7-8,11H,6,9-10H2,1-4H3,(H2,22,23,24,25). The molecule has 0 amide bonds. The number of hydrogen-bond acceptors (Lipinski definition) is 5. The van der Waals surface area contributed by atoms with Gasteiger partial charge in [0.15, 0.2) is 5.69 Å². The topological polar surface area (TPSA) is 53.1 Å². The molecule has 0 unspecified atom stereocenters. The van der Waals surface area contributed by atoms with Crippen molar-refractivity contribution in [1.82, 2.24) is 14.9 Å². The minimum Gasteiger partial charge on any atom is -0.354 e. The maximum Gasteiger partial charge on any atom is 0.433 e. The van der Waals surface area contributed by atoms with E-state index >= 15 is 0 Å². The first kappa shape index (κ1) is 20.0. The molecule has 1 aromatic carbocycles. The Kier molecular flexibility index (Phi) is 6.42. The molecule has 142 valence electrons. The summed E-state index contributed by atoms with van der Waals surface area (Å²) in [5.41, 5.74) is 1.63. The summed E-state index contributed by atoms with van der Waals surface area (Å²) < 4.78 is 39.6. The fourth-order valence-electron chi connectivity index (χ4n) is 2.47. The van der Waals surface area contributed by atoms with Crippen molar-refractivity contribution in [3.8, 4) is 0 Å². The fraction of sp³-hybridized carbons (Fsp3) is 0.444. The average molecular weight is 367 g/mol. The first-order valence-corrected chi connectivity index (χ1v) is 8.35. The van der Waals surface area contributed by atoms with Crippen molar-refractivity contribution < 1.29 is 13.2 Å². The van der Waals surface area contributed by atoms with Crippen LogP contribution >= 0.6 is 0 Å². The number of aromatic nitrogens is 2. The highest BCUT2D eigenvalue weighted by Crippen LogP contribution is 2.31. The largest absolute Gasteiger partial charge is 0.433 e. The predicted molar refractivity (Wildman–Crippen MR) is 97.9 cm³/mol. The monoisotopic (exact) mass is 367 g/mol. The number of anilines is 3. The van der Waals surface area contributed by atoms with Gasteiger partial charge in [0.25, 0.3) is 0 Å². The molecule has 0 saturated heterocycles. The van der Waals surface area contributed by atoms with Crippen molar-refractivity contribution in [2.45, 2.75) is 26.4 Å². The Bertz CT molecular complexity index is 724. The van der Waals surface area contributed by atoms with Gasteiger partial charge in [0.05, 0.1) is 0 Å². The van der Waals surface area contributed by atoms with Crippen LogP contribution in [0.1, 0.15) is 23.2 Å². The minimum absolute atomic E-state index is 0.0349. The summed E-state index contributed by atoms with van der Waals surface area (Å²) in [5, 5.41) is 5.88. The van der Waals surface area contributed by atoms with Crippen LogP contribution in [0.5, 0.6) is 0 Å². The Balaban J connectivity index is 2.26. The lowest BCUT2D eigenvalue weighted by atomic mass is 10.1. The fourth-order valence-corrected chi connectivity index (χ4v) is 2.47. The third kappa shape index (κ3) is 5.59. The third-order valence-electron chi connectivity index (χ3n) is 3.82. The number of hydrogen-bond donors (Lipinski definition) is 2. The number of rotatable bonds is 7. The summed E-state index contributed by atoms with van der Waals surface area (Å²) in [6.45, 7) is 5.09. The van der Waals surface area contributed by atoms with E-state index in [0.717, 1.165) is 35.8 Å². The van der Waals surface area contributed by atoms with E-state index in [-0.39, 0.29) is 11.8 Å². The van der Waals surface area contributed by atoms with Crippen LogP contribution in [0.25, 0.3) is 0 Å².